The number of benzene rings is 1. The van der Waals surface area contributed by atoms with E-state index < -0.39 is 0 Å². The summed E-state index contributed by atoms with van der Waals surface area (Å²) in [5.74, 6) is -0.132. The molecule has 8 nitrogen and oxygen atoms in total. The number of hydrogen-bond donors (Lipinski definition) is 3. The first-order chi connectivity index (χ1) is 18.1. The number of anilines is 1. The molecule has 0 atom stereocenters. The minimum Gasteiger partial charge on any atom is -0.338 e. The monoisotopic (exact) mass is 489 g/mol. The van der Waals surface area contributed by atoms with Crippen LogP contribution < -0.4 is 5.32 Å². The summed E-state index contributed by atoms with van der Waals surface area (Å²) in [4.78, 5) is 29.2. The molecule has 180 valence electrons. The Morgan fingerprint density at radius 3 is 2.70 bits per heavy atom. The number of nitrogens with one attached hydrogen (secondary N) is 3. The van der Waals surface area contributed by atoms with Crippen LogP contribution in [0.5, 0.6) is 0 Å². The van der Waals surface area contributed by atoms with Crippen LogP contribution in [0.25, 0.3) is 55.8 Å². The van der Waals surface area contributed by atoms with Crippen LogP contribution in [0.1, 0.15) is 12.8 Å². The summed E-state index contributed by atoms with van der Waals surface area (Å²) < 4.78 is 13.5. The second kappa shape index (κ2) is 8.34. The molecule has 1 fully saturated rings. The maximum absolute atomic E-state index is 13.5. The van der Waals surface area contributed by atoms with Crippen LogP contribution in [0.15, 0.2) is 73.2 Å². The highest BCUT2D eigenvalue weighted by molar-refractivity contribution is 5.99. The summed E-state index contributed by atoms with van der Waals surface area (Å²) in [5, 5.41) is 11.4. The summed E-state index contributed by atoms with van der Waals surface area (Å²) in [7, 11) is 0. The Morgan fingerprint density at radius 1 is 1.00 bits per heavy atom. The molecule has 1 aliphatic rings. The van der Waals surface area contributed by atoms with Gasteiger partial charge in [0.05, 0.1) is 28.8 Å². The first kappa shape index (κ1) is 21.4. The van der Waals surface area contributed by atoms with Crippen molar-refractivity contribution in [1.82, 2.24) is 30.1 Å². The van der Waals surface area contributed by atoms with Crippen LogP contribution in [-0.4, -0.2) is 36.0 Å². The van der Waals surface area contributed by atoms with Crippen molar-refractivity contribution in [2.45, 2.75) is 12.8 Å². The van der Waals surface area contributed by atoms with Crippen molar-refractivity contribution in [2.24, 2.45) is 5.92 Å². The third-order valence-corrected chi connectivity index (χ3v) is 6.60. The molecule has 0 aliphatic heterocycles. The standard InChI is InChI=1S/C28H20FN7O/c29-18-5-3-15(4-6-18)20-9-10-31-27-21(20)12-24(34-27)26-25-23(35-36-26)8-7-22(33-25)17-11-19(14-30-13-17)32-28(37)16-1-2-16/h3-14,16H,1-2H2,(H,31,34)(H,32,37)(H,35,36). The molecule has 37 heavy (non-hydrogen) atoms. The summed E-state index contributed by atoms with van der Waals surface area (Å²) in [6.07, 6.45) is 6.97. The third kappa shape index (κ3) is 3.90. The van der Waals surface area contributed by atoms with E-state index in [9.17, 15) is 9.18 Å². The lowest BCUT2D eigenvalue weighted by molar-refractivity contribution is -0.117. The molecule has 9 heteroatoms. The molecule has 0 saturated heterocycles. The minimum atomic E-state index is -0.278. The van der Waals surface area contributed by atoms with Gasteiger partial charge in [0.15, 0.2) is 0 Å². The Morgan fingerprint density at radius 2 is 1.86 bits per heavy atom. The van der Waals surface area contributed by atoms with E-state index in [0.29, 0.717) is 28.2 Å². The molecule has 6 aromatic rings. The van der Waals surface area contributed by atoms with Gasteiger partial charge in [-0.3, -0.25) is 14.9 Å². The van der Waals surface area contributed by atoms with E-state index >= 15 is 0 Å². The second-order valence-electron chi connectivity index (χ2n) is 9.20. The molecule has 1 amide bonds. The highest BCUT2D eigenvalue weighted by Crippen LogP contribution is 2.34. The third-order valence-electron chi connectivity index (χ3n) is 6.60. The Labute approximate surface area is 210 Å². The zero-order valence-corrected chi connectivity index (χ0v) is 19.5. The lowest BCUT2D eigenvalue weighted by Gasteiger charge is -2.06. The van der Waals surface area contributed by atoms with Crippen molar-refractivity contribution in [2.75, 3.05) is 5.32 Å². The highest BCUT2D eigenvalue weighted by Gasteiger charge is 2.29. The maximum atomic E-state index is 13.5. The molecule has 7 rings (SSSR count). The van der Waals surface area contributed by atoms with E-state index in [4.69, 9.17) is 4.98 Å². The molecule has 0 spiro atoms. The van der Waals surface area contributed by atoms with Crippen molar-refractivity contribution >= 4 is 33.7 Å². The molecule has 0 unspecified atom stereocenters. The first-order valence-electron chi connectivity index (χ1n) is 12.0. The number of rotatable bonds is 5. The van der Waals surface area contributed by atoms with E-state index in [1.165, 1.54) is 12.1 Å². The molecule has 1 saturated carbocycles. The van der Waals surface area contributed by atoms with Crippen molar-refractivity contribution in [3.05, 3.63) is 79.0 Å². The summed E-state index contributed by atoms with van der Waals surface area (Å²) in [5.41, 5.74) is 7.60. The molecule has 3 N–H and O–H groups in total. The van der Waals surface area contributed by atoms with Gasteiger partial charge in [-0.15, -0.1) is 0 Å². The number of halogens is 1. The summed E-state index contributed by atoms with van der Waals surface area (Å²) >= 11 is 0. The van der Waals surface area contributed by atoms with Gasteiger partial charge in [0.2, 0.25) is 5.91 Å². The first-order valence-corrected chi connectivity index (χ1v) is 12.0. The second-order valence-corrected chi connectivity index (χ2v) is 9.20. The number of carbonyl (C=O) groups is 1. The maximum Gasteiger partial charge on any atom is 0.227 e. The van der Waals surface area contributed by atoms with E-state index in [0.717, 1.165) is 46.1 Å². The molecule has 1 aromatic carbocycles. The summed E-state index contributed by atoms with van der Waals surface area (Å²) in [6.45, 7) is 0. The van der Waals surface area contributed by atoms with Crippen LogP contribution in [0.2, 0.25) is 0 Å². The van der Waals surface area contributed by atoms with Gasteiger partial charge < -0.3 is 10.3 Å². The normalized spacial score (nSPS) is 13.3. The fraction of sp³-hybridized carbons (Fsp3) is 0.107. The predicted molar refractivity (Wildman–Crippen MR) is 139 cm³/mol. The SMILES string of the molecule is O=C(Nc1cncc(-c2ccc3[nH]nc(-c4cc5c(-c6ccc(F)cc6)ccnc5[nH]4)c3n2)c1)C1CC1. The lowest BCUT2D eigenvalue weighted by atomic mass is 10.0. The van der Waals surface area contributed by atoms with Gasteiger partial charge in [-0.05, 0) is 66.4 Å². The van der Waals surface area contributed by atoms with Crippen molar-refractivity contribution in [1.29, 1.82) is 0 Å². The average molecular weight is 490 g/mol. The Kier molecular flexibility index (Phi) is 4.81. The number of H-pyrrole nitrogens is 2. The van der Waals surface area contributed by atoms with Gasteiger partial charge in [0, 0.05) is 29.3 Å². The van der Waals surface area contributed by atoms with Gasteiger partial charge in [0.1, 0.15) is 22.7 Å². The van der Waals surface area contributed by atoms with Crippen LogP contribution in [0, 0.1) is 11.7 Å². The van der Waals surface area contributed by atoms with E-state index in [2.05, 4.69) is 30.5 Å². The average Bonchev–Trinajstić information content (AvgIpc) is 3.55. The Hall–Kier alpha value is -4.92. The van der Waals surface area contributed by atoms with E-state index in [1.54, 1.807) is 30.7 Å². The van der Waals surface area contributed by atoms with E-state index in [-0.39, 0.29) is 17.6 Å². The number of aromatic nitrogens is 6. The fourth-order valence-corrected chi connectivity index (χ4v) is 4.52. The molecule has 0 radical (unpaired) electrons. The molecular weight excluding hydrogens is 469 g/mol. The fourth-order valence-electron chi connectivity index (χ4n) is 4.52. The van der Waals surface area contributed by atoms with Crippen molar-refractivity contribution in [3.8, 4) is 33.8 Å². The zero-order chi connectivity index (χ0) is 24.9. The Bertz CT molecular complexity index is 1800. The zero-order valence-electron chi connectivity index (χ0n) is 19.5. The lowest BCUT2D eigenvalue weighted by Crippen LogP contribution is -2.13. The molecule has 1 aliphatic carbocycles. The van der Waals surface area contributed by atoms with Gasteiger partial charge in [-0.1, -0.05) is 12.1 Å². The van der Waals surface area contributed by atoms with Crippen LogP contribution in [0.3, 0.4) is 0 Å². The number of nitrogens with zero attached hydrogens (tertiary/aromatic N) is 4. The number of amides is 1. The molecular formula is C28H20FN7O. The van der Waals surface area contributed by atoms with Gasteiger partial charge >= 0.3 is 0 Å². The Balaban J connectivity index is 1.28. The number of carbonyl (C=O) groups excluding carboxylic acids is 1. The number of pyridine rings is 3. The molecule has 0 bridgehead atoms. The number of hydrogen-bond acceptors (Lipinski definition) is 5. The van der Waals surface area contributed by atoms with Gasteiger partial charge in [-0.2, -0.15) is 5.10 Å². The largest absolute Gasteiger partial charge is 0.338 e. The van der Waals surface area contributed by atoms with Gasteiger partial charge in [0.25, 0.3) is 0 Å². The number of aromatic amines is 2. The molecule has 5 heterocycles. The smallest absolute Gasteiger partial charge is 0.227 e. The molecule has 5 aromatic heterocycles. The minimum absolute atomic E-state index is 0.0342. The van der Waals surface area contributed by atoms with E-state index in [1.807, 2.05) is 30.3 Å². The number of fused-ring (bicyclic) bond motifs is 2. The predicted octanol–water partition coefficient (Wildman–Crippen LogP) is 5.72. The van der Waals surface area contributed by atoms with Crippen LogP contribution in [-0.2, 0) is 4.79 Å². The van der Waals surface area contributed by atoms with Crippen LogP contribution in [0.4, 0.5) is 10.1 Å². The summed E-state index contributed by atoms with van der Waals surface area (Å²) in [6, 6.07) is 16.0. The van der Waals surface area contributed by atoms with Crippen LogP contribution >= 0.6 is 0 Å². The van der Waals surface area contributed by atoms with Gasteiger partial charge in [-0.25, -0.2) is 14.4 Å². The topological polar surface area (TPSA) is 112 Å². The quantitative estimate of drug-likeness (QED) is 0.287. The van der Waals surface area contributed by atoms with Crippen molar-refractivity contribution < 1.29 is 9.18 Å². The van der Waals surface area contributed by atoms with Crippen molar-refractivity contribution in [3.63, 3.8) is 0 Å². The highest BCUT2D eigenvalue weighted by atomic mass is 19.1.